The molecule has 0 aromatic heterocycles. The molecule has 0 aliphatic rings. The first-order valence-electron chi connectivity index (χ1n) is 30.5. The molecule has 0 radical (unpaired) electrons. The van der Waals surface area contributed by atoms with E-state index in [0.717, 1.165) is 51.4 Å². The number of aliphatic hydroxyl groups is 1. The van der Waals surface area contributed by atoms with Gasteiger partial charge in [0, 0.05) is 6.42 Å². The number of rotatable bonds is 56. The summed E-state index contributed by atoms with van der Waals surface area (Å²) in [7, 11) is 1.58. The van der Waals surface area contributed by atoms with Crippen LogP contribution in [0.1, 0.15) is 290 Å². The minimum atomic E-state index is -4.35. The van der Waals surface area contributed by atoms with Gasteiger partial charge in [0.25, 0.3) is 0 Å². The van der Waals surface area contributed by atoms with Gasteiger partial charge < -0.3 is 19.8 Å². The average molecular weight is 1020 g/mol. The number of nitrogens with one attached hydrogen (secondary N) is 1. The number of nitrogens with zero attached hydrogens (tertiary/aromatic N) is 1. The number of likely N-dealkylation sites (N-methyl/N-ethyl adjacent to an activating group) is 1. The van der Waals surface area contributed by atoms with Crippen LogP contribution in [0.2, 0.25) is 0 Å². The van der Waals surface area contributed by atoms with Crippen molar-refractivity contribution >= 4 is 13.7 Å². The SMILES string of the molecule is CCCCCCC/C=C\C/C=C\C/C=C\CCCCCCCCCCCCCCCCC(=O)NC(COP(=O)(O)OCC[N+](C)(C)C)C(O)/C=C/CCCCCCCCCCCCCCCCCCCC. The average Bonchev–Trinajstić information content (AvgIpc) is 3.33. The Hall–Kier alpha value is -1.54. The van der Waals surface area contributed by atoms with Gasteiger partial charge in [-0.1, -0.05) is 274 Å². The predicted molar refractivity (Wildman–Crippen MR) is 309 cm³/mol. The molecule has 0 saturated heterocycles. The van der Waals surface area contributed by atoms with Crippen LogP contribution in [-0.4, -0.2) is 73.4 Å². The molecule has 0 saturated carbocycles. The fourth-order valence-corrected chi connectivity index (χ4v) is 9.73. The van der Waals surface area contributed by atoms with Gasteiger partial charge in [0.05, 0.1) is 39.9 Å². The lowest BCUT2D eigenvalue weighted by molar-refractivity contribution is -0.870. The summed E-state index contributed by atoms with van der Waals surface area (Å²) in [6.07, 6.45) is 70.7. The number of phosphoric ester groups is 1. The lowest BCUT2D eigenvalue weighted by atomic mass is 10.0. The van der Waals surface area contributed by atoms with E-state index in [2.05, 4.69) is 55.6 Å². The summed E-state index contributed by atoms with van der Waals surface area (Å²) in [5.74, 6) is -0.175. The van der Waals surface area contributed by atoms with Gasteiger partial charge in [-0.15, -0.1) is 0 Å². The molecule has 0 aromatic rings. The van der Waals surface area contributed by atoms with Crippen molar-refractivity contribution in [3.8, 4) is 0 Å². The lowest BCUT2D eigenvalue weighted by Gasteiger charge is -2.25. The molecule has 0 heterocycles. The smallest absolute Gasteiger partial charge is 0.387 e. The lowest BCUT2D eigenvalue weighted by Crippen LogP contribution is -2.45. The van der Waals surface area contributed by atoms with Crippen molar-refractivity contribution in [2.75, 3.05) is 40.9 Å². The van der Waals surface area contributed by atoms with Gasteiger partial charge >= 0.3 is 7.82 Å². The van der Waals surface area contributed by atoms with Crippen LogP contribution in [0.4, 0.5) is 0 Å². The second kappa shape index (κ2) is 53.3. The van der Waals surface area contributed by atoms with Crippen molar-refractivity contribution in [1.82, 2.24) is 5.32 Å². The van der Waals surface area contributed by atoms with Gasteiger partial charge in [0.2, 0.25) is 5.91 Å². The van der Waals surface area contributed by atoms with Crippen LogP contribution in [0, 0.1) is 0 Å². The first-order chi connectivity index (χ1) is 34.5. The fourth-order valence-electron chi connectivity index (χ4n) is 8.99. The number of aliphatic hydroxyl groups excluding tert-OH is 1. The molecular formula is C62H120N2O6P+. The molecule has 3 atom stereocenters. The van der Waals surface area contributed by atoms with E-state index < -0.39 is 20.0 Å². The molecule has 0 aliphatic carbocycles. The first kappa shape index (κ1) is 69.5. The third kappa shape index (κ3) is 56.0. The van der Waals surface area contributed by atoms with E-state index in [1.54, 1.807) is 6.08 Å². The van der Waals surface area contributed by atoms with E-state index in [-0.39, 0.29) is 19.1 Å². The normalized spacial score (nSPS) is 14.2. The zero-order valence-electron chi connectivity index (χ0n) is 47.7. The molecule has 0 spiro atoms. The number of allylic oxidation sites excluding steroid dienone is 7. The molecule has 0 aromatic carbocycles. The molecule has 9 heteroatoms. The van der Waals surface area contributed by atoms with Gasteiger partial charge in [0.15, 0.2) is 0 Å². The Labute approximate surface area is 441 Å². The molecule has 71 heavy (non-hydrogen) atoms. The maximum Gasteiger partial charge on any atom is 0.472 e. The third-order valence-electron chi connectivity index (χ3n) is 13.8. The van der Waals surface area contributed by atoms with Gasteiger partial charge in [0.1, 0.15) is 13.2 Å². The Bertz CT molecular complexity index is 1290. The standard InChI is InChI=1S/C62H119N2O6P/c1-6-8-10-12-14-16-18-20-22-24-26-28-29-30-31-32-33-34-35-36-38-40-42-44-46-48-50-52-54-56-62(66)63-60(59-70-71(67,68)69-58-57-64(3,4)5)61(65)55-53-51-49-47-45-43-41-39-37-27-25-23-21-19-17-15-13-11-9-7-2/h18,20,24,26,29-30,53,55,60-61,65H,6-17,19,21-23,25,27-28,31-52,54,56-59H2,1-5H3,(H-,63,66,67,68)/p+1/b20-18-,26-24-,30-29-,55-53+. The largest absolute Gasteiger partial charge is 0.472 e. The van der Waals surface area contributed by atoms with Crippen molar-refractivity contribution in [1.29, 1.82) is 0 Å². The van der Waals surface area contributed by atoms with Crippen LogP contribution in [-0.2, 0) is 18.4 Å². The number of unbranched alkanes of at least 4 members (excludes halogenated alkanes) is 37. The number of hydrogen-bond donors (Lipinski definition) is 3. The van der Waals surface area contributed by atoms with E-state index in [1.807, 2.05) is 27.2 Å². The first-order valence-corrected chi connectivity index (χ1v) is 32.0. The summed E-state index contributed by atoms with van der Waals surface area (Å²) < 4.78 is 23.7. The van der Waals surface area contributed by atoms with E-state index in [4.69, 9.17) is 9.05 Å². The number of phosphoric acid groups is 1. The van der Waals surface area contributed by atoms with Gasteiger partial charge in [-0.25, -0.2) is 4.57 Å². The quantitative estimate of drug-likeness (QED) is 0.0243. The highest BCUT2D eigenvalue weighted by atomic mass is 31.2. The Morgan fingerprint density at radius 3 is 1.17 bits per heavy atom. The molecule has 8 nitrogen and oxygen atoms in total. The highest BCUT2D eigenvalue weighted by molar-refractivity contribution is 7.47. The van der Waals surface area contributed by atoms with Crippen molar-refractivity contribution < 1.29 is 32.9 Å². The fraction of sp³-hybridized carbons (Fsp3) is 0.855. The number of hydrogen-bond acceptors (Lipinski definition) is 5. The van der Waals surface area contributed by atoms with Crippen LogP contribution in [0.15, 0.2) is 48.6 Å². The third-order valence-corrected chi connectivity index (χ3v) is 14.8. The maximum atomic E-state index is 13.0. The monoisotopic (exact) mass is 1020 g/mol. The minimum absolute atomic E-state index is 0.0615. The Morgan fingerprint density at radius 1 is 0.479 bits per heavy atom. The summed E-state index contributed by atoms with van der Waals surface area (Å²) in [6, 6.07) is -0.848. The van der Waals surface area contributed by atoms with Gasteiger partial charge in [-0.2, -0.15) is 0 Å². The van der Waals surface area contributed by atoms with Crippen LogP contribution in [0.25, 0.3) is 0 Å². The Balaban J connectivity index is 4.15. The van der Waals surface area contributed by atoms with Crippen molar-refractivity contribution in [3.05, 3.63) is 48.6 Å². The van der Waals surface area contributed by atoms with E-state index in [9.17, 15) is 19.4 Å². The van der Waals surface area contributed by atoms with Crippen LogP contribution >= 0.6 is 7.82 Å². The number of carbonyl (C=O) groups excluding carboxylic acids is 1. The van der Waals surface area contributed by atoms with Gasteiger partial charge in [-0.05, 0) is 57.8 Å². The zero-order chi connectivity index (χ0) is 52.0. The van der Waals surface area contributed by atoms with Crippen molar-refractivity contribution in [2.24, 2.45) is 0 Å². The summed E-state index contributed by atoms with van der Waals surface area (Å²) in [5.41, 5.74) is 0. The Kier molecular flexibility index (Phi) is 52.1. The summed E-state index contributed by atoms with van der Waals surface area (Å²) in [6.45, 7) is 4.84. The predicted octanol–water partition coefficient (Wildman–Crippen LogP) is 18.7. The minimum Gasteiger partial charge on any atom is -0.387 e. The second-order valence-electron chi connectivity index (χ2n) is 22.1. The van der Waals surface area contributed by atoms with E-state index in [0.29, 0.717) is 17.4 Å². The van der Waals surface area contributed by atoms with Crippen LogP contribution in [0.3, 0.4) is 0 Å². The maximum absolute atomic E-state index is 13.0. The van der Waals surface area contributed by atoms with Crippen LogP contribution in [0.5, 0.6) is 0 Å². The zero-order valence-corrected chi connectivity index (χ0v) is 48.6. The number of carbonyl (C=O) groups is 1. The summed E-state index contributed by atoms with van der Waals surface area (Å²) >= 11 is 0. The molecule has 0 bridgehead atoms. The van der Waals surface area contributed by atoms with Gasteiger partial charge in [-0.3, -0.25) is 13.8 Å². The number of quaternary nitrogens is 1. The molecule has 1 amide bonds. The molecular weight excluding hydrogens is 900 g/mol. The van der Waals surface area contributed by atoms with Crippen LogP contribution < -0.4 is 5.32 Å². The molecule has 3 N–H and O–H groups in total. The highest BCUT2D eigenvalue weighted by Gasteiger charge is 2.27. The summed E-state index contributed by atoms with van der Waals surface area (Å²) in [4.78, 5) is 23.3. The topological polar surface area (TPSA) is 105 Å². The molecule has 3 unspecified atom stereocenters. The highest BCUT2D eigenvalue weighted by Crippen LogP contribution is 2.43. The molecule has 418 valence electrons. The molecule has 0 aliphatic heterocycles. The molecule has 0 rings (SSSR count). The van der Waals surface area contributed by atoms with E-state index in [1.165, 1.54) is 218 Å². The summed E-state index contributed by atoms with van der Waals surface area (Å²) in [5, 5.41) is 14.0. The van der Waals surface area contributed by atoms with Crippen molar-refractivity contribution in [3.63, 3.8) is 0 Å². The molecule has 0 fully saturated rings. The Morgan fingerprint density at radius 2 is 0.803 bits per heavy atom. The second-order valence-corrected chi connectivity index (χ2v) is 23.5. The van der Waals surface area contributed by atoms with E-state index >= 15 is 0 Å². The van der Waals surface area contributed by atoms with Crippen molar-refractivity contribution in [2.45, 2.75) is 302 Å². The number of amides is 1.